The van der Waals surface area contributed by atoms with Crippen LogP contribution in [0.2, 0.25) is 0 Å². The molecule has 1 atom stereocenters. The van der Waals surface area contributed by atoms with Gasteiger partial charge in [-0.05, 0) is 62.7 Å². The molecule has 7 heteroatoms. The first-order valence-corrected chi connectivity index (χ1v) is 11.8. The zero-order valence-electron chi connectivity index (χ0n) is 18.9. The molecule has 0 aromatic heterocycles. The number of carbonyl (C=O) groups is 1. The third-order valence-corrected chi connectivity index (χ3v) is 6.80. The molecule has 0 bridgehead atoms. The number of hydrogen-bond donors (Lipinski definition) is 1. The van der Waals surface area contributed by atoms with Crippen LogP contribution in [0.5, 0.6) is 0 Å². The van der Waals surface area contributed by atoms with Crippen molar-refractivity contribution in [2.45, 2.75) is 44.9 Å². The van der Waals surface area contributed by atoms with Crippen LogP contribution in [0.15, 0.2) is 29.3 Å². The van der Waals surface area contributed by atoms with Gasteiger partial charge < -0.3 is 20.0 Å². The molecule has 3 heterocycles. The predicted octanol–water partition coefficient (Wildman–Crippen LogP) is 3.36. The van der Waals surface area contributed by atoms with E-state index in [2.05, 4.69) is 38.3 Å². The van der Waals surface area contributed by atoms with Gasteiger partial charge in [0.15, 0.2) is 5.96 Å². The molecule has 172 valence electrons. The van der Waals surface area contributed by atoms with Crippen molar-refractivity contribution in [3.63, 3.8) is 0 Å². The number of benzene rings is 1. The third kappa shape index (κ3) is 6.34. The summed E-state index contributed by atoms with van der Waals surface area (Å²) in [5, 5.41) is 3.49. The smallest absolute Gasteiger partial charge is 0.227 e. The van der Waals surface area contributed by atoms with Gasteiger partial charge in [-0.25, -0.2) is 0 Å². The number of amides is 1. The van der Waals surface area contributed by atoms with Gasteiger partial charge in [-0.15, -0.1) is 24.0 Å². The molecule has 31 heavy (non-hydrogen) atoms. The molecule has 0 radical (unpaired) electrons. The summed E-state index contributed by atoms with van der Waals surface area (Å²) in [6.45, 7) is 7.58. The van der Waals surface area contributed by atoms with Crippen molar-refractivity contribution in [2.24, 2.45) is 10.9 Å². The molecule has 0 aliphatic carbocycles. The van der Waals surface area contributed by atoms with Gasteiger partial charge >= 0.3 is 0 Å². The zero-order valence-corrected chi connectivity index (χ0v) is 21.2. The van der Waals surface area contributed by atoms with E-state index in [0.29, 0.717) is 6.42 Å². The van der Waals surface area contributed by atoms with E-state index in [9.17, 15) is 4.79 Å². The normalized spacial score (nSPS) is 21.7. The van der Waals surface area contributed by atoms with Crippen LogP contribution in [-0.4, -0.2) is 74.5 Å². The molecular weight excluding hydrogens is 501 g/mol. The summed E-state index contributed by atoms with van der Waals surface area (Å²) in [7, 11) is 1.87. The number of piperidine rings is 1. The number of para-hydroxylation sites is 1. The lowest BCUT2D eigenvalue weighted by molar-refractivity contribution is -0.118. The molecule has 2 saturated heterocycles. The van der Waals surface area contributed by atoms with Crippen LogP contribution < -0.4 is 10.2 Å². The molecule has 3 aliphatic heterocycles. The van der Waals surface area contributed by atoms with Crippen molar-refractivity contribution in [2.75, 3.05) is 57.8 Å². The second kappa shape index (κ2) is 12.0. The number of aliphatic imine (C=N–C) groups is 1. The molecule has 3 aliphatic rings. The zero-order chi connectivity index (χ0) is 20.8. The molecule has 6 nitrogen and oxygen atoms in total. The summed E-state index contributed by atoms with van der Waals surface area (Å²) >= 11 is 0. The van der Waals surface area contributed by atoms with E-state index in [-0.39, 0.29) is 29.9 Å². The molecule has 4 rings (SSSR count). The number of rotatable bonds is 6. The van der Waals surface area contributed by atoms with Gasteiger partial charge in [0, 0.05) is 51.9 Å². The number of guanidine groups is 1. The second-order valence-corrected chi connectivity index (χ2v) is 8.96. The van der Waals surface area contributed by atoms with Crippen molar-refractivity contribution < 1.29 is 4.79 Å². The fourth-order valence-corrected chi connectivity index (χ4v) is 5.19. The topological polar surface area (TPSA) is 51.2 Å². The van der Waals surface area contributed by atoms with E-state index in [4.69, 9.17) is 0 Å². The molecule has 1 aromatic rings. The Morgan fingerprint density at radius 1 is 1.13 bits per heavy atom. The maximum atomic E-state index is 12.7. The SMILES string of the molecule is CN=C(NCCCC(=O)N1CCc2ccccc21)N1CCC(CN2CCCCC2)C1.I. The highest BCUT2D eigenvalue weighted by Crippen LogP contribution is 2.28. The minimum Gasteiger partial charge on any atom is -0.356 e. The van der Waals surface area contributed by atoms with E-state index in [0.717, 1.165) is 56.6 Å². The number of anilines is 1. The van der Waals surface area contributed by atoms with E-state index in [1.807, 2.05) is 18.0 Å². The van der Waals surface area contributed by atoms with Crippen LogP contribution in [0.3, 0.4) is 0 Å². The van der Waals surface area contributed by atoms with Crippen LogP contribution in [-0.2, 0) is 11.2 Å². The Kier molecular flexibility index (Phi) is 9.44. The first-order valence-electron chi connectivity index (χ1n) is 11.8. The monoisotopic (exact) mass is 539 g/mol. The van der Waals surface area contributed by atoms with Crippen molar-refractivity contribution in [3.8, 4) is 0 Å². The third-order valence-electron chi connectivity index (χ3n) is 6.80. The van der Waals surface area contributed by atoms with Gasteiger partial charge in [0.2, 0.25) is 5.91 Å². The number of fused-ring (bicyclic) bond motifs is 1. The minimum absolute atomic E-state index is 0. The molecule has 1 aromatic carbocycles. The summed E-state index contributed by atoms with van der Waals surface area (Å²) in [6.07, 6.45) is 7.77. The first kappa shape index (κ1) is 24.3. The van der Waals surface area contributed by atoms with Gasteiger partial charge in [0.1, 0.15) is 0 Å². The standard InChI is InChI=1S/C24H37N5O.HI/c1-25-24(28-16-11-20(19-28)18-27-14-5-2-6-15-27)26-13-7-10-23(30)29-17-12-21-8-3-4-9-22(21)29;/h3-4,8-9,20H,2,5-7,10-19H2,1H3,(H,25,26);1H. The van der Waals surface area contributed by atoms with Crippen LogP contribution in [0.1, 0.15) is 44.1 Å². The van der Waals surface area contributed by atoms with Gasteiger partial charge in [0.05, 0.1) is 0 Å². The highest BCUT2D eigenvalue weighted by Gasteiger charge is 2.27. The van der Waals surface area contributed by atoms with E-state index >= 15 is 0 Å². The van der Waals surface area contributed by atoms with E-state index in [1.165, 1.54) is 50.9 Å². The van der Waals surface area contributed by atoms with Crippen molar-refractivity contribution >= 4 is 41.5 Å². The van der Waals surface area contributed by atoms with Crippen LogP contribution in [0.4, 0.5) is 5.69 Å². The summed E-state index contributed by atoms with van der Waals surface area (Å²) < 4.78 is 0. The van der Waals surface area contributed by atoms with Crippen LogP contribution in [0, 0.1) is 5.92 Å². The quantitative estimate of drug-likeness (QED) is 0.261. The van der Waals surface area contributed by atoms with Crippen molar-refractivity contribution in [3.05, 3.63) is 29.8 Å². The van der Waals surface area contributed by atoms with E-state index in [1.54, 1.807) is 0 Å². The summed E-state index contributed by atoms with van der Waals surface area (Å²) in [4.78, 5) is 24.2. The summed E-state index contributed by atoms with van der Waals surface area (Å²) in [5.41, 5.74) is 2.39. The highest BCUT2D eigenvalue weighted by atomic mass is 127. The van der Waals surface area contributed by atoms with Gasteiger partial charge in [0.25, 0.3) is 0 Å². The Morgan fingerprint density at radius 2 is 1.94 bits per heavy atom. The lowest BCUT2D eigenvalue weighted by Crippen LogP contribution is -2.41. The van der Waals surface area contributed by atoms with E-state index < -0.39 is 0 Å². The minimum atomic E-state index is 0. The Labute approximate surface area is 204 Å². The fraction of sp³-hybridized carbons (Fsp3) is 0.667. The van der Waals surface area contributed by atoms with Gasteiger partial charge in [-0.1, -0.05) is 24.6 Å². The Hall–Kier alpha value is -1.35. The Balaban J connectivity index is 0.00000272. The molecular formula is C24H38IN5O. The Morgan fingerprint density at radius 3 is 2.74 bits per heavy atom. The maximum Gasteiger partial charge on any atom is 0.227 e. The predicted molar refractivity (Wildman–Crippen MR) is 138 cm³/mol. The summed E-state index contributed by atoms with van der Waals surface area (Å²) in [6, 6.07) is 8.26. The van der Waals surface area contributed by atoms with Crippen molar-refractivity contribution in [1.82, 2.24) is 15.1 Å². The molecule has 1 N–H and O–H groups in total. The average molecular weight is 540 g/mol. The highest BCUT2D eigenvalue weighted by molar-refractivity contribution is 14.0. The molecule has 1 amide bonds. The van der Waals surface area contributed by atoms with Gasteiger partial charge in [-0.3, -0.25) is 9.79 Å². The number of likely N-dealkylation sites (tertiary alicyclic amines) is 2. The lowest BCUT2D eigenvalue weighted by atomic mass is 10.1. The lowest BCUT2D eigenvalue weighted by Gasteiger charge is -2.29. The molecule has 2 fully saturated rings. The largest absolute Gasteiger partial charge is 0.356 e. The number of carbonyl (C=O) groups excluding carboxylic acids is 1. The van der Waals surface area contributed by atoms with Gasteiger partial charge in [-0.2, -0.15) is 0 Å². The number of nitrogens with zero attached hydrogens (tertiary/aromatic N) is 4. The maximum absolute atomic E-state index is 12.7. The number of hydrogen-bond acceptors (Lipinski definition) is 3. The fourth-order valence-electron chi connectivity index (χ4n) is 5.19. The average Bonchev–Trinajstić information content (AvgIpc) is 3.41. The number of halogens is 1. The number of nitrogens with one attached hydrogen (secondary N) is 1. The molecule has 1 unspecified atom stereocenters. The second-order valence-electron chi connectivity index (χ2n) is 8.96. The summed E-state index contributed by atoms with van der Waals surface area (Å²) in [5.74, 6) is 1.98. The Bertz CT molecular complexity index is 749. The van der Waals surface area contributed by atoms with Crippen molar-refractivity contribution in [1.29, 1.82) is 0 Å². The van der Waals surface area contributed by atoms with Crippen LogP contribution >= 0.6 is 24.0 Å². The van der Waals surface area contributed by atoms with Crippen LogP contribution in [0.25, 0.3) is 0 Å². The molecule has 0 spiro atoms. The molecule has 0 saturated carbocycles. The first-order chi connectivity index (χ1) is 14.7.